The first-order valence-electron chi connectivity index (χ1n) is 10.5. The van der Waals surface area contributed by atoms with Gasteiger partial charge in [-0.1, -0.05) is 17.7 Å². The monoisotopic (exact) mass is 542 g/mol. The van der Waals surface area contributed by atoms with E-state index < -0.39 is 22.2 Å². The third kappa shape index (κ3) is 6.50. The lowest BCUT2D eigenvalue weighted by Gasteiger charge is -2.27. The molecule has 3 aromatic rings. The molecule has 0 fully saturated rings. The van der Waals surface area contributed by atoms with Crippen molar-refractivity contribution >= 4 is 33.2 Å². The van der Waals surface area contributed by atoms with Crippen molar-refractivity contribution in [2.45, 2.75) is 31.3 Å². The Kier molecular flexibility index (Phi) is 8.22. The molecule has 1 aromatic carbocycles. The van der Waals surface area contributed by atoms with E-state index in [0.29, 0.717) is 30.4 Å². The molecule has 13 heteroatoms. The van der Waals surface area contributed by atoms with Crippen molar-refractivity contribution in [3.63, 3.8) is 0 Å². The van der Waals surface area contributed by atoms with Crippen LogP contribution in [0.25, 0.3) is 17.1 Å². The zero-order chi connectivity index (χ0) is 26.7. The Morgan fingerprint density at radius 3 is 2.36 bits per heavy atom. The smallest absolute Gasteiger partial charge is 0.475 e. The van der Waals surface area contributed by atoms with Crippen molar-refractivity contribution < 1.29 is 31.5 Å². The Labute approximate surface area is 210 Å². The van der Waals surface area contributed by atoms with Crippen molar-refractivity contribution in [3.05, 3.63) is 70.6 Å². The summed E-state index contributed by atoms with van der Waals surface area (Å²) < 4.78 is 59.3. The zero-order valence-electron chi connectivity index (χ0n) is 19.2. The van der Waals surface area contributed by atoms with Gasteiger partial charge in [0, 0.05) is 30.0 Å². The minimum absolute atomic E-state index is 0.250. The maximum atomic E-state index is 13.0. The molecular formula is C23H22ClF3N4O4S. The van der Waals surface area contributed by atoms with E-state index in [9.17, 15) is 21.6 Å². The van der Waals surface area contributed by atoms with Gasteiger partial charge in [-0.25, -0.2) is 18.2 Å². The summed E-state index contributed by atoms with van der Waals surface area (Å²) in [4.78, 5) is 21.3. The van der Waals surface area contributed by atoms with Crippen molar-refractivity contribution in [3.8, 4) is 11.5 Å². The molecule has 3 heterocycles. The van der Waals surface area contributed by atoms with E-state index in [1.165, 1.54) is 4.31 Å². The third-order valence-electron chi connectivity index (χ3n) is 5.31. The van der Waals surface area contributed by atoms with Gasteiger partial charge in [-0.15, -0.1) is 0 Å². The highest BCUT2D eigenvalue weighted by molar-refractivity contribution is 7.89. The van der Waals surface area contributed by atoms with Gasteiger partial charge in [0.1, 0.15) is 5.69 Å². The van der Waals surface area contributed by atoms with Crippen molar-refractivity contribution in [2.24, 2.45) is 0 Å². The molecule has 0 unspecified atom stereocenters. The molecule has 36 heavy (non-hydrogen) atoms. The topological polar surface area (TPSA) is 116 Å². The lowest BCUT2D eigenvalue weighted by Crippen LogP contribution is -2.35. The summed E-state index contributed by atoms with van der Waals surface area (Å²) in [5.41, 5.74) is 4.57. The molecule has 0 spiro atoms. The number of sulfonamides is 1. The number of nitrogens with zero attached hydrogens (tertiary/aromatic N) is 3. The molecule has 2 aromatic heterocycles. The number of benzene rings is 1. The van der Waals surface area contributed by atoms with Crippen LogP contribution in [0.5, 0.6) is 0 Å². The summed E-state index contributed by atoms with van der Waals surface area (Å²) in [6, 6.07) is 10.1. The molecule has 0 atom stereocenters. The Hall–Kier alpha value is -3.22. The first-order valence-corrected chi connectivity index (χ1v) is 12.4. The standard InChI is InChI=1S/C21H21ClN4O2S.C2HF3O2/c1-14-15(2)25-21(24-14)20-12-16(9-10-23-20)17-4-3-11-26(13-17)29(27,28)19-7-5-18(22)6-8-19;3-2(4,5)1(6)7/h4-10,12H,3,11,13H2,1-2H3,(H,24,25);(H,6,7). The van der Waals surface area contributed by atoms with Crippen LogP contribution in [0.3, 0.4) is 0 Å². The molecule has 1 aliphatic heterocycles. The fourth-order valence-electron chi connectivity index (χ4n) is 3.31. The van der Waals surface area contributed by atoms with Crippen LogP contribution in [0.15, 0.2) is 53.6 Å². The van der Waals surface area contributed by atoms with E-state index in [4.69, 9.17) is 21.5 Å². The van der Waals surface area contributed by atoms with Crippen LogP contribution in [0.4, 0.5) is 13.2 Å². The molecule has 0 amide bonds. The number of hydrogen-bond donors (Lipinski definition) is 2. The molecule has 0 radical (unpaired) electrons. The molecule has 1 aliphatic rings. The fourth-order valence-corrected chi connectivity index (χ4v) is 4.87. The Balaban J connectivity index is 0.000000454. The SMILES string of the molecule is Cc1nc(-c2cc(C3=CCCN(S(=O)(=O)c4ccc(Cl)cc4)C3)ccn2)[nH]c1C.O=C(O)C(F)(F)F. The number of halogens is 4. The van der Waals surface area contributed by atoms with E-state index in [0.717, 1.165) is 28.2 Å². The summed E-state index contributed by atoms with van der Waals surface area (Å²) >= 11 is 5.90. The molecule has 8 nitrogen and oxygen atoms in total. The van der Waals surface area contributed by atoms with E-state index in [1.807, 2.05) is 26.0 Å². The summed E-state index contributed by atoms with van der Waals surface area (Å²) in [6.07, 6.45) is -0.615. The quantitative estimate of drug-likeness (QED) is 0.487. The second-order valence-electron chi connectivity index (χ2n) is 7.84. The third-order valence-corrected chi connectivity index (χ3v) is 7.42. The molecule has 192 valence electrons. The number of carboxylic acids is 1. The number of nitrogens with one attached hydrogen (secondary N) is 1. The minimum Gasteiger partial charge on any atom is -0.475 e. The van der Waals surface area contributed by atoms with Gasteiger partial charge >= 0.3 is 12.1 Å². The van der Waals surface area contributed by atoms with Crippen molar-refractivity contribution in [1.29, 1.82) is 0 Å². The first-order chi connectivity index (χ1) is 16.8. The zero-order valence-corrected chi connectivity index (χ0v) is 20.7. The Bertz CT molecular complexity index is 1370. The summed E-state index contributed by atoms with van der Waals surface area (Å²) in [6.45, 7) is 4.68. The molecule has 0 saturated carbocycles. The van der Waals surface area contributed by atoms with Gasteiger partial charge in [0.05, 0.1) is 10.6 Å². The normalized spacial score (nSPS) is 14.6. The van der Waals surface area contributed by atoms with Crippen LogP contribution in [-0.2, 0) is 14.8 Å². The van der Waals surface area contributed by atoms with Crippen LogP contribution in [0.2, 0.25) is 5.02 Å². The lowest BCUT2D eigenvalue weighted by atomic mass is 10.0. The van der Waals surface area contributed by atoms with Crippen LogP contribution >= 0.6 is 11.6 Å². The van der Waals surface area contributed by atoms with Gasteiger partial charge < -0.3 is 10.1 Å². The predicted molar refractivity (Wildman–Crippen MR) is 128 cm³/mol. The fraction of sp³-hybridized carbons (Fsp3) is 0.261. The highest BCUT2D eigenvalue weighted by atomic mass is 35.5. The number of aliphatic carboxylic acids is 1. The number of rotatable bonds is 4. The van der Waals surface area contributed by atoms with Crippen LogP contribution in [0.1, 0.15) is 23.4 Å². The van der Waals surface area contributed by atoms with E-state index >= 15 is 0 Å². The number of carbonyl (C=O) groups is 1. The lowest BCUT2D eigenvalue weighted by molar-refractivity contribution is -0.192. The van der Waals surface area contributed by atoms with Gasteiger partial charge in [-0.2, -0.15) is 17.5 Å². The first kappa shape index (κ1) is 27.4. The van der Waals surface area contributed by atoms with Crippen LogP contribution < -0.4 is 0 Å². The van der Waals surface area contributed by atoms with Crippen LogP contribution in [0, 0.1) is 13.8 Å². The van der Waals surface area contributed by atoms with Crippen molar-refractivity contribution in [1.82, 2.24) is 19.3 Å². The maximum absolute atomic E-state index is 13.0. The molecule has 0 aliphatic carbocycles. The second-order valence-corrected chi connectivity index (χ2v) is 10.2. The van der Waals surface area contributed by atoms with Gasteiger partial charge in [0.15, 0.2) is 5.82 Å². The number of imidazole rings is 1. The summed E-state index contributed by atoms with van der Waals surface area (Å²) in [5, 5.41) is 7.64. The van der Waals surface area contributed by atoms with Gasteiger partial charge in [-0.3, -0.25) is 4.98 Å². The average molecular weight is 543 g/mol. The Morgan fingerprint density at radius 2 is 1.81 bits per heavy atom. The number of aromatic amines is 1. The molecular weight excluding hydrogens is 521 g/mol. The highest BCUT2D eigenvalue weighted by Gasteiger charge is 2.38. The van der Waals surface area contributed by atoms with Crippen LogP contribution in [-0.4, -0.2) is 58.0 Å². The highest BCUT2D eigenvalue weighted by Crippen LogP contribution is 2.28. The molecule has 4 rings (SSSR count). The number of hydrogen-bond acceptors (Lipinski definition) is 5. The van der Waals surface area contributed by atoms with Gasteiger partial charge in [-0.05, 0) is 67.8 Å². The van der Waals surface area contributed by atoms with E-state index in [-0.39, 0.29) is 4.90 Å². The second kappa shape index (κ2) is 10.8. The van der Waals surface area contributed by atoms with Gasteiger partial charge in [0.2, 0.25) is 10.0 Å². The maximum Gasteiger partial charge on any atom is 0.490 e. The number of H-pyrrole nitrogens is 1. The minimum atomic E-state index is -5.08. The molecule has 0 bridgehead atoms. The van der Waals surface area contributed by atoms with E-state index in [1.54, 1.807) is 30.5 Å². The molecule has 2 N–H and O–H groups in total. The van der Waals surface area contributed by atoms with Crippen molar-refractivity contribution in [2.75, 3.05) is 13.1 Å². The average Bonchev–Trinajstić information content (AvgIpc) is 3.17. The van der Waals surface area contributed by atoms with E-state index in [2.05, 4.69) is 21.0 Å². The molecule has 0 saturated heterocycles. The summed E-state index contributed by atoms with van der Waals surface area (Å²) in [5.74, 6) is -2.04. The number of alkyl halides is 3. The number of carboxylic acid groups (broad SMARTS) is 1. The summed E-state index contributed by atoms with van der Waals surface area (Å²) in [7, 11) is -3.58. The largest absolute Gasteiger partial charge is 0.490 e. The predicted octanol–water partition coefficient (Wildman–Crippen LogP) is 4.85. The number of aromatic nitrogens is 3. The number of pyridine rings is 1. The number of aryl methyl sites for hydroxylation is 2. The van der Waals surface area contributed by atoms with Gasteiger partial charge in [0.25, 0.3) is 0 Å². The Morgan fingerprint density at radius 1 is 1.17 bits per heavy atom.